The average Bonchev–Trinajstić information content (AvgIpc) is 2.34. The molecule has 17 heavy (non-hydrogen) atoms. The molecular weight excluding hydrogens is 214 g/mol. The lowest BCUT2D eigenvalue weighted by molar-refractivity contribution is 0.330. The van der Waals surface area contributed by atoms with Crippen LogP contribution in [0.15, 0.2) is 24.3 Å². The standard InChI is InChI=1S/C10H14O2.C4H11N/c1-3-11-9-5-7-10(8-6-9)12-4-2;1-3-5-4-2/h5-8H,3-4H2,1-2H3;5H,3-4H2,1-2H3. The zero-order chi connectivity index (χ0) is 12.9. The minimum Gasteiger partial charge on any atom is -0.494 e. The van der Waals surface area contributed by atoms with Gasteiger partial charge in [0.25, 0.3) is 0 Å². The number of ether oxygens (including phenoxy) is 2. The lowest BCUT2D eigenvalue weighted by Crippen LogP contribution is -2.09. The third-order valence-corrected chi connectivity index (χ3v) is 1.95. The van der Waals surface area contributed by atoms with E-state index >= 15 is 0 Å². The van der Waals surface area contributed by atoms with Crippen LogP contribution in [0, 0.1) is 0 Å². The van der Waals surface area contributed by atoms with Crippen LogP contribution >= 0.6 is 0 Å². The predicted molar refractivity (Wildman–Crippen MR) is 73.0 cm³/mol. The Morgan fingerprint density at radius 3 is 1.29 bits per heavy atom. The molecule has 1 rings (SSSR count). The van der Waals surface area contributed by atoms with Crippen molar-refractivity contribution in [2.24, 2.45) is 0 Å². The minimum atomic E-state index is 0.702. The summed E-state index contributed by atoms with van der Waals surface area (Å²) in [6.07, 6.45) is 0. The molecule has 0 aliphatic heterocycles. The van der Waals surface area contributed by atoms with E-state index in [0.29, 0.717) is 13.2 Å². The van der Waals surface area contributed by atoms with E-state index in [1.54, 1.807) is 0 Å². The second-order valence-electron chi connectivity index (χ2n) is 3.29. The molecule has 0 aliphatic carbocycles. The van der Waals surface area contributed by atoms with Crippen LogP contribution in [-0.4, -0.2) is 26.3 Å². The lowest BCUT2D eigenvalue weighted by Gasteiger charge is -2.04. The van der Waals surface area contributed by atoms with Crippen molar-refractivity contribution in [1.29, 1.82) is 0 Å². The van der Waals surface area contributed by atoms with Gasteiger partial charge < -0.3 is 14.8 Å². The Morgan fingerprint density at radius 1 is 0.765 bits per heavy atom. The molecule has 0 unspecified atom stereocenters. The number of hydrogen-bond acceptors (Lipinski definition) is 3. The van der Waals surface area contributed by atoms with E-state index in [2.05, 4.69) is 19.2 Å². The molecule has 98 valence electrons. The molecule has 3 heteroatoms. The van der Waals surface area contributed by atoms with Crippen LogP contribution in [-0.2, 0) is 0 Å². The molecule has 0 bridgehead atoms. The molecule has 0 saturated carbocycles. The zero-order valence-electron chi connectivity index (χ0n) is 11.5. The second kappa shape index (κ2) is 11.3. The molecule has 0 radical (unpaired) electrons. The zero-order valence-corrected chi connectivity index (χ0v) is 11.5. The van der Waals surface area contributed by atoms with Gasteiger partial charge >= 0.3 is 0 Å². The molecule has 0 saturated heterocycles. The summed E-state index contributed by atoms with van der Waals surface area (Å²) in [5.74, 6) is 1.78. The minimum absolute atomic E-state index is 0.702. The van der Waals surface area contributed by atoms with Gasteiger partial charge in [0.1, 0.15) is 11.5 Å². The summed E-state index contributed by atoms with van der Waals surface area (Å²) in [5.41, 5.74) is 0. The Hall–Kier alpha value is -1.22. The Kier molecular flexibility index (Phi) is 10.5. The van der Waals surface area contributed by atoms with Crippen molar-refractivity contribution in [3.8, 4) is 11.5 Å². The molecule has 1 N–H and O–H groups in total. The largest absolute Gasteiger partial charge is 0.494 e. The van der Waals surface area contributed by atoms with Crippen molar-refractivity contribution >= 4 is 0 Å². The van der Waals surface area contributed by atoms with Gasteiger partial charge in [0.15, 0.2) is 0 Å². The number of rotatable bonds is 6. The van der Waals surface area contributed by atoms with Gasteiger partial charge in [-0.25, -0.2) is 0 Å². The molecule has 3 nitrogen and oxygen atoms in total. The summed E-state index contributed by atoms with van der Waals surface area (Å²) in [4.78, 5) is 0. The Bertz CT molecular complexity index is 232. The van der Waals surface area contributed by atoms with Crippen LogP contribution in [0.25, 0.3) is 0 Å². The summed E-state index contributed by atoms with van der Waals surface area (Å²) < 4.78 is 10.6. The van der Waals surface area contributed by atoms with Crippen molar-refractivity contribution in [2.75, 3.05) is 26.3 Å². The van der Waals surface area contributed by atoms with Gasteiger partial charge in [-0.15, -0.1) is 0 Å². The van der Waals surface area contributed by atoms with Crippen molar-refractivity contribution < 1.29 is 9.47 Å². The van der Waals surface area contributed by atoms with Crippen molar-refractivity contribution in [1.82, 2.24) is 5.32 Å². The second-order valence-corrected chi connectivity index (χ2v) is 3.29. The fourth-order valence-corrected chi connectivity index (χ4v) is 1.22. The first-order chi connectivity index (χ1) is 8.28. The average molecular weight is 239 g/mol. The van der Waals surface area contributed by atoms with E-state index in [4.69, 9.17) is 9.47 Å². The van der Waals surface area contributed by atoms with E-state index in [1.165, 1.54) is 0 Å². The highest BCUT2D eigenvalue weighted by Crippen LogP contribution is 2.17. The molecule has 0 amide bonds. The van der Waals surface area contributed by atoms with E-state index in [-0.39, 0.29) is 0 Å². The van der Waals surface area contributed by atoms with E-state index < -0.39 is 0 Å². The topological polar surface area (TPSA) is 30.5 Å². The van der Waals surface area contributed by atoms with Crippen molar-refractivity contribution in [3.63, 3.8) is 0 Å². The summed E-state index contributed by atoms with van der Waals surface area (Å²) in [7, 11) is 0. The molecule has 0 aromatic heterocycles. The molecule has 0 atom stereocenters. The van der Waals surface area contributed by atoms with Gasteiger partial charge in [0, 0.05) is 0 Å². The highest BCUT2D eigenvalue weighted by Gasteiger charge is 1.92. The van der Waals surface area contributed by atoms with Gasteiger partial charge in [-0.05, 0) is 51.2 Å². The summed E-state index contributed by atoms with van der Waals surface area (Å²) in [6, 6.07) is 7.64. The number of nitrogens with one attached hydrogen (secondary N) is 1. The van der Waals surface area contributed by atoms with Crippen LogP contribution in [0.2, 0.25) is 0 Å². The maximum absolute atomic E-state index is 5.28. The SMILES string of the molecule is CCNCC.CCOc1ccc(OCC)cc1. The van der Waals surface area contributed by atoms with Crippen LogP contribution in [0.5, 0.6) is 11.5 Å². The molecule has 0 spiro atoms. The third kappa shape index (κ3) is 8.57. The molecule has 0 aliphatic rings. The van der Waals surface area contributed by atoms with Gasteiger partial charge in [0.05, 0.1) is 13.2 Å². The van der Waals surface area contributed by atoms with Gasteiger partial charge in [0.2, 0.25) is 0 Å². The fourth-order valence-electron chi connectivity index (χ4n) is 1.22. The monoisotopic (exact) mass is 239 g/mol. The normalized spacial score (nSPS) is 9.18. The first-order valence-corrected chi connectivity index (χ1v) is 6.34. The maximum atomic E-state index is 5.28. The van der Waals surface area contributed by atoms with Crippen molar-refractivity contribution in [3.05, 3.63) is 24.3 Å². The van der Waals surface area contributed by atoms with Crippen molar-refractivity contribution in [2.45, 2.75) is 27.7 Å². The number of hydrogen-bond donors (Lipinski definition) is 1. The quantitative estimate of drug-likeness (QED) is 0.827. The smallest absolute Gasteiger partial charge is 0.119 e. The lowest BCUT2D eigenvalue weighted by atomic mass is 10.3. The Balaban J connectivity index is 0.000000437. The molecule has 0 heterocycles. The van der Waals surface area contributed by atoms with Crippen LogP contribution in [0.1, 0.15) is 27.7 Å². The molecular formula is C14H25NO2. The molecule has 1 aromatic rings. The summed E-state index contributed by atoms with van der Waals surface area (Å²) in [5, 5.41) is 3.11. The fraction of sp³-hybridized carbons (Fsp3) is 0.571. The van der Waals surface area contributed by atoms with E-state index in [0.717, 1.165) is 24.6 Å². The Morgan fingerprint density at radius 2 is 1.12 bits per heavy atom. The highest BCUT2D eigenvalue weighted by molar-refractivity contribution is 5.31. The van der Waals surface area contributed by atoms with E-state index in [9.17, 15) is 0 Å². The number of benzene rings is 1. The highest BCUT2D eigenvalue weighted by atomic mass is 16.5. The summed E-state index contributed by atoms with van der Waals surface area (Å²) >= 11 is 0. The molecule has 0 fully saturated rings. The van der Waals surface area contributed by atoms with Crippen LogP contribution in [0.3, 0.4) is 0 Å². The van der Waals surface area contributed by atoms with E-state index in [1.807, 2.05) is 38.1 Å². The molecule has 1 aromatic carbocycles. The Labute approximate surface area is 105 Å². The first-order valence-electron chi connectivity index (χ1n) is 6.34. The van der Waals surface area contributed by atoms with Gasteiger partial charge in [-0.2, -0.15) is 0 Å². The van der Waals surface area contributed by atoms with Gasteiger partial charge in [-0.1, -0.05) is 13.8 Å². The third-order valence-electron chi connectivity index (χ3n) is 1.95. The maximum Gasteiger partial charge on any atom is 0.119 e. The van der Waals surface area contributed by atoms with Crippen LogP contribution in [0.4, 0.5) is 0 Å². The first kappa shape index (κ1) is 15.8. The van der Waals surface area contributed by atoms with Crippen LogP contribution < -0.4 is 14.8 Å². The summed E-state index contributed by atoms with van der Waals surface area (Å²) in [6.45, 7) is 11.7. The predicted octanol–water partition coefficient (Wildman–Crippen LogP) is 3.10. The van der Waals surface area contributed by atoms with Gasteiger partial charge in [-0.3, -0.25) is 0 Å².